The third-order valence-corrected chi connectivity index (χ3v) is 7.62. The van der Waals surface area contributed by atoms with Crippen LogP contribution in [0.3, 0.4) is 0 Å². The van der Waals surface area contributed by atoms with E-state index in [1.165, 1.54) is 58.4 Å². The molecule has 0 aliphatic heterocycles. The first kappa shape index (κ1) is 17.5. The molecule has 31 heavy (non-hydrogen) atoms. The number of hydrogen-bond donors (Lipinski definition) is 0. The van der Waals surface area contributed by atoms with Crippen LogP contribution in [-0.2, 0) is 6.42 Å². The minimum absolute atomic E-state index is 0.235. The van der Waals surface area contributed by atoms with Gasteiger partial charge in [-0.15, -0.1) is 11.3 Å². The second kappa shape index (κ2) is 5.74. The normalized spacial score (nSPS) is 13.1. The van der Waals surface area contributed by atoms with Crippen molar-refractivity contribution < 1.29 is 0 Å². The first-order valence-corrected chi connectivity index (χ1v) is 11.7. The summed E-state index contributed by atoms with van der Waals surface area (Å²) < 4.78 is 5.25. The van der Waals surface area contributed by atoms with Gasteiger partial charge >= 0.3 is 0 Å². The summed E-state index contributed by atoms with van der Waals surface area (Å²) in [4.78, 5) is 4.87. The van der Waals surface area contributed by atoms with Gasteiger partial charge in [0.2, 0.25) is 0 Å². The number of fused-ring (bicyclic) bond motifs is 7. The van der Waals surface area contributed by atoms with Crippen LogP contribution in [0.15, 0.2) is 66.9 Å². The van der Waals surface area contributed by atoms with Crippen molar-refractivity contribution in [3.63, 3.8) is 0 Å². The van der Waals surface area contributed by atoms with Crippen molar-refractivity contribution in [1.29, 1.82) is 0 Å². The van der Waals surface area contributed by atoms with Gasteiger partial charge in [0.25, 0.3) is 0 Å². The first-order chi connectivity index (χ1) is 15.0. The van der Waals surface area contributed by atoms with E-state index >= 15 is 0 Å². The number of rotatable bonds is 1. The molecule has 0 unspecified atom stereocenters. The topological polar surface area (TPSA) is 17.3 Å². The summed E-state index contributed by atoms with van der Waals surface area (Å²) in [6, 6.07) is 22.5. The van der Waals surface area contributed by atoms with E-state index in [9.17, 15) is 0 Å². The fourth-order valence-corrected chi connectivity index (χ4v) is 6.61. The van der Waals surface area contributed by atoms with Crippen LogP contribution in [0.25, 0.3) is 58.4 Å². The van der Waals surface area contributed by atoms with Crippen LogP contribution in [0.1, 0.15) is 26.3 Å². The molecule has 0 saturated heterocycles. The number of hydrogen-bond acceptors (Lipinski definition) is 2. The van der Waals surface area contributed by atoms with Crippen molar-refractivity contribution in [3.8, 4) is 0 Å². The molecule has 0 fully saturated rings. The van der Waals surface area contributed by atoms with E-state index in [-0.39, 0.29) is 5.41 Å². The third-order valence-electron chi connectivity index (χ3n) is 6.43. The maximum absolute atomic E-state index is 4.87. The van der Waals surface area contributed by atoms with E-state index in [0.29, 0.717) is 0 Å². The van der Waals surface area contributed by atoms with E-state index < -0.39 is 0 Å². The maximum atomic E-state index is 4.87. The Morgan fingerprint density at radius 3 is 2.55 bits per heavy atom. The average molecular weight is 419 g/mol. The molecule has 7 aromatic rings. The standard InChI is InChI=1S/C28H22N2S/c1-28(2,3)15-16-13-17-11-12-29-24-19-8-6-9-20-25(19)30(21(14-16)23(17)24)26-18-7-4-5-10-22(18)31-27(20)26/h4-14H,15H2,1-3H3. The zero-order chi connectivity index (χ0) is 20.9. The van der Waals surface area contributed by atoms with Crippen LogP contribution in [-0.4, -0.2) is 9.38 Å². The summed E-state index contributed by atoms with van der Waals surface area (Å²) in [5.41, 5.74) is 6.66. The fraction of sp³-hybridized carbons (Fsp3) is 0.179. The summed E-state index contributed by atoms with van der Waals surface area (Å²) in [6.45, 7) is 6.94. The van der Waals surface area contributed by atoms with Gasteiger partial charge < -0.3 is 4.40 Å². The monoisotopic (exact) mass is 418 g/mol. The molecule has 3 heteroatoms. The molecule has 0 aliphatic carbocycles. The van der Waals surface area contributed by atoms with Gasteiger partial charge in [-0.25, -0.2) is 0 Å². The quantitative estimate of drug-likeness (QED) is 0.194. The van der Waals surface area contributed by atoms with Crippen molar-refractivity contribution >= 4 is 69.7 Å². The SMILES string of the molecule is CC(C)(C)Cc1cc2ccnc3c4cccc5c6sc7ccccc7c6n(c(c1)c23)c45. The van der Waals surface area contributed by atoms with Gasteiger partial charge in [-0.05, 0) is 41.0 Å². The van der Waals surface area contributed by atoms with E-state index in [1.807, 2.05) is 17.5 Å². The second-order valence-electron chi connectivity index (χ2n) is 9.92. The fourth-order valence-electron chi connectivity index (χ4n) is 5.40. The first-order valence-electron chi connectivity index (χ1n) is 10.9. The van der Waals surface area contributed by atoms with Gasteiger partial charge in [0.1, 0.15) is 0 Å². The zero-order valence-corrected chi connectivity index (χ0v) is 18.7. The lowest BCUT2D eigenvalue weighted by molar-refractivity contribution is 0.411. The Kier molecular flexibility index (Phi) is 3.24. The molecular weight excluding hydrogens is 396 g/mol. The predicted octanol–water partition coefficient (Wildman–Crippen LogP) is 8.19. The summed E-state index contributed by atoms with van der Waals surface area (Å²) in [5, 5.41) is 6.47. The van der Waals surface area contributed by atoms with E-state index in [1.54, 1.807) is 0 Å². The largest absolute Gasteiger partial charge is 0.306 e. The molecule has 7 rings (SSSR count). The molecule has 0 bridgehead atoms. The molecular formula is C28H22N2S. The second-order valence-corrected chi connectivity index (χ2v) is 11.0. The predicted molar refractivity (Wildman–Crippen MR) is 135 cm³/mol. The molecule has 2 nitrogen and oxygen atoms in total. The number of benzene rings is 3. The summed E-state index contributed by atoms with van der Waals surface area (Å²) in [5.74, 6) is 0. The highest BCUT2D eigenvalue weighted by molar-refractivity contribution is 7.26. The number of pyridine rings is 2. The van der Waals surface area contributed by atoms with Crippen LogP contribution >= 0.6 is 11.3 Å². The van der Waals surface area contributed by atoms with Gasteiger partial charge in [-0.1, -0.05) is 63.2 Å². The van der Waals surface area contributed by atoms with Crippen LogP contribution in [0.5, 0.6) is 0 Å². The molecule has 0 amide bonds. The van der Waals surface area contributed by atoms with Crippen molar-refractivity contribution in [1.82, 2.24) is 9.38 Å². The lowest BCUT2D eigenvalue weighted by Crippen LogP contribution is -2.09. The minimum atomic E-state index is 0.235. The Morgan fingerprint density at radius 1 is 0.871 bits per heavy atom. The molecule has 0 N–H and O–H groups in total. The van der Waals surface area contributed by atoms with Crippen molar-refractivity contribution in [3.05, 3.63) is 72.4 Å². The summed E-state index contributed by atoms with van der Waals surface area (Å²) in [7, 11) is 0. The Labute approximate surface area is 184 Å². The van der Waals surface area contributed by atoms with Crippen LogP contribution in [0, 0.1) is 5.41 Å². The summed E-state index contributed by atoms with van der Waals surface area (Å²) in [6.07, 6.45) is 3.02. The molecule has 0 radical (unpaired) electrons. The van der Waals surface area contributed by atoms with Crippen molar-refractivity contribution in [2.24, 2.45) is 5.41 Å². The molecule has 150 valence electrons. The lowest BCUT2D eigenvalue weighted by atomic mass is 9.87. The van der Waals surface area contributed by atoms with Crippen LogP contribution in [0.4, 0.5) is 0 Å². The number of thiophene rings is 1. The lowest BCUT2D eigenvalue weighted by Gasteiger charge is -2.20. The Bertz CT molecular complexity index is 1790. The molecule has 0 saturated carbocycles. The number of nitrogens with zero attached hydrogens (tertiary/aromatic N) is 2. The van der Waals surface area contributed by atoms with Gasteiger partial charge in [0, 0.05) is 32.4 Å². The van der Waals surface area contributed by atoms with Crippen LogP contribution in [0.2, 0.25) is 0 Å². The van der Waals surface area contributed by atoms with Crippen LogP contribution < -0.4 is 0 Å². The van der Waals surface area contributed by atoms with E-state index in [0.717, 1.165) is 11.9 Å². The minimum Gasteiger partial charge on any atom is -0.306 e. The number of aromatic nitrogens is 2. The highest BCUT2D eigenvalue weighted by Crippen LogP contribution is 2.45. The Morgan fingerprint density at radius 2 is 1.68 bits per heavy atom. The molecule has 0 spiro atoms. The van der Waals surface area contributed by atoms with Gasteiger partial charge in [0.15, 0.2) is 0 Å². The maximum Gasteiger partial charge on any atom is 0.0822 e. The molecule has 0 atom stereocenters. The van der Waals surface area contributed by atoms with Crippen molar-refractivity contribution in [2.75, 3.05) is 0 Å². The molecule has 3 aromatic carbocycles. The Balaban J connectivity index is 1.81. The third kappa shape index (κ3) is 2.30. The average Bonchev–Trinajstić information content (AvgIpc) is 3.26. The van der Waals surface area contributed by atoms with Gasteiger partial charge in [-0.2, -0.15) is 0 Å². The molecule has 0 aliphatic rings. The smallest absolute Gasteiger partial charge is 0.0822 e. The highest BCUT2D eigenvalue weighted by atomic mass is 32.1. The summed E-state index contributed by atoms with van der Waals surface area (Å²) >= 11 is 1.91. The van der Waals surface area contributed by atoms with E-state index in [2.05, 4.69) is 85.8 Å². The Hall–Kier alpha value is -3.17. The highest BCUT2D eigenvalue weighted by Gasteiger charge is 2.22. The zero-order valence-electron chi connectivity index (χ0n) is 17.9. The molecule has 4 aromatic heterocycles. The molecule has 4 heterocycles. The van der Waals surface area contributed by atoms with Gasteiger partial charge in [0.05, 0.1) is 26.8 Å². The van der Waals surface area contributed by atoms with Crippen molar-refractivity contribution in [2.45, 2.75) is 27.2 Å². The van der Waals surface area contributed by atoms with E-state index in [4.69, 9.17) is 4.98 Å². The number of para-hydroxylation sites is 1. The van der Waals surface area contributed by atoms with Gasteiger partial charge in [-0.3, -0.25) is 4.98 Å².